The molecule has 19 heavy (non-hydrogen) atoms. The molecule has 0 fully saturated rings. The van der Waals surface area contributed by atoms with Gasteiger partial charge in [-0.1, -0.05) is 17.4 Å². The van der Waals surface area contributed by atoms with E-state index in [4.69, 9.17) is 5.73 Å². The smallest absolute Gasteiger partial charge is 0.181 e. The molecule has 0 aliphatic rings. The first kappa shape index (κ1) is 12.5. The summed E-state index contributed by atoms with van der Waals surface area (Å²) < 4.78 is 3.24. The summed E-state index contributed by atoms with van der Waals surface area (Å²) in [4.78, 5) is 8.89. The number of aromatic nitrogens is 3. The van der Waals surface area contributed by atoms with Gasteiger partial charge in [0.05, 0.1) is 15.6 Å². The van der Waals surface area contributed by atoms with Gasteiger partial charge in [0, 0.05) is 18.1 Å². The lowest BCUT2D eigenvalue weighted by atomic mass is 10.3. The number of imidazole rings is 1. The molecule has 0 bridgehead atoms. The number of nitrogens with two attached hydrogens (primary N) is 1. The molecule has 3 heterocycles. The fourth-order valence-electron chi connectivity index (χ4n) is 1.95. The Hall–Kier alpha value is -1.53. The minimum absolute atomic E-state index is 0.630. The number of thiazole rings is 1. The van der Waals surface area contributed by atoms with Crippen LogP contribution >= 0.6 is 23.1 Å². The normalized spacial score (nSPS) is 11.3. The zero-order chi connectivity index (χ0) is 13.4. The van der Waals surface area contributed by atoms with Gasteiger partial charge >= 0.3 is 0 Å². The number of anilines is 1. The first-order valence-corrected chi connectivity index (χ1v) is 7.72. The predicted molar refractivity (Wildman–Crippen MR) is 80.8 cm³/mol. The van der Waals surface area contributed by atoms with E-state index in [1.807, 2.05) is 19.2 Å². The van der Waals surface area contributed by atoms with Crippen molar-refractivity contribution in [1.29, 1.82) is 0 Å². The van der Waals surface area contributed by atoms with Crippen molar-refractivity contribution in [1.82, 2.24) is 14.4 Å². The Bertz CT molecular complexity index is 729. The minimum Gasteiger partial charge on any atom is -0.375 e. The van der Waals surface area contributed by atoms with Gasteiger partial charge in [0.15, 0.2) is 5.13 Å². The van der Waals surface area contributed by atoms with Crippen molar-refractivity contribution in [2.24, 2.45) is 0 Å². The van der Waals surface area contributed by atoms with Gasteiger partial charge in [-0.2, -0.15) is 0 Å². The van der Waals surface area contributed by atoms with E-state index in [0.29, 0.717) is 5.13 Å². The molecule has 0 saturated heterocycles. The lowest BCUT2D eigenvalue weighted by Gasteiger charge is -1.95. The fourth-order valence-corrected chi connectivity index (χ4v) is 3.86. The molecule has 3 rings (SSSR count). The Morgan fingerprint density at radius 3 is 2.89 bits per heavy atom. The van der Waals surface area contributed by atoms with Gasteiger partial charge in [-0.3, -0.25) is 0 Å². The number of nitrogen functional groups attached to an aromatic ring is 1. The molecule has 0 unspecified atom stereocenters. The molecule has 3 aromatic heterocycles. The molecule has 0 radical (unpaired) electrons. The van der Waals surface area contributed by atoms with Gasteiger partial charge in [0.1, 0.15) is 5.65 Å². The number of rotatable bonds is 3. The summed E-state index contributed by atoms with van der Waals surface area (Å²) in [6.07, 6.45) is 4.11. The third kappa shape index (κ3) is 2.46. The molecule has 98 valence electrons. The number of pyridine rings is 1. The second kappa shape index (κ2) is 4.86. The quantitative estimate of drug-likeness (QED) is 0.752. The van der Waals surface area contributed by atoms with E-state index in [0.717, 1.165) is 22.8 Å². The standard InChI is InChI=1S/C13H14N4S2/c1-8-4-3-5-17-6-10(16-11(8)17)7-18-12-9(2)15-13(14)19-12/h3-6H,7H2,1-2H3,(H2,14,15). The highest BCUT2D eigenvalue weighted by Crippen LogP contribution is 2.32. The zero-order valence-corrected chi connectivity index (χ0v) is 12.4. The molecule has 0 amide bonds. The van der Waals surface area contributed by atoms with Crippen LogP contribution in [0.2, 0.25) is 0 Å². The van der Waals surface area contributed by atoms with E-state index >= 15 is 0 Å². The van der Waals surface area contributed by atoms with Crippen LogP contribution in [-0.2, 0) is 5.75 Å². The van der Waals surface area contributed by atoms with Gasteiger partial charge in [-0.15, -0.1) is 11.8 Å². The second-order valence-corrected chi connectivity index (χ2v) is 6.64. The van der Waals surface area contributed by atoms with Crippen LogP contribution in [0.1, 0.15) is 17.0 Å². The Kier molecular flexibility index (Phi) is 3.20. The molecule has 0 aromatic carbocycles. The van der Waals surface area contributed by atoms with Crippen LogP contribution in [-0.4, -0.2) is 14.4 Å². The van der Waals surface area contributed by atoms with Crippen molar-refractivity contribution in [2.45, 2.75) is 23.8 Å². The van der Waals surface area contributed by atoms with Gasteiger partial charge < -0.3 is 10.1 Å². The highest BCUT2D eigenvalue weighted by atomic mass is 32.2. The molecule has 0 saturated carbocycles. The lowest BCUT2D eigenvalue weighted by Crippen LogP contribution is -1.84. The van der Waals surface area contributed by atoms with E-state index < -0.39 is 0 Å². The summed E-state index contributed by atoms with van der Waals surface area (Å²) in [6, 6.07) is 4.11. The van der Waals surface area contributed by atoms with Crippen molar-refractivity contribution < 1.29 is 0 Å². The topological polar surface area (TPSA) is 56.2 Å². The van der Waals surface area contributed by atoms with Gasteiger partial charge in [-0.05, 0) is 25.5 Å². The van der Waals surface area contributed by atoms with Gasteiger partial charge in [0.25, 0.3) is 0 Å². The molecule has 2 N–H and O–H groups in total. The fraction of sp³-hybridized carbons (Fsp3) is 0.231. The van der Waals surface area contributed by atoms with Crippen molar-refractivity contribution >= 4 is 33.9 Å². The third-order valence-electron chi connectivity index (χ3n) is 2.85. The SMILES string of the molecule is Cc1nc(N)sc1SCc1cn2cccc(C)c2n1. The molecule has 0 aliphatic heterocycles. The summed E-state index contributed by atoms with van der Waals surface area (Å²) in [5.41, 5.74) is 10.0. The molecule has 0 aliphatic carbocycles. The van der Waals surface area contributed by atoms with Gasteiger partial charge in [-0.25, -0.2) is 9.97 Å². The largest absolute Gasteiger partial charge is 0.375 e. The molecule has 3 aromatic rings. The average molecular weight is 290 g/mol. The van der Waals surface area contributed by atoms with Crippen LogP contribution < -0.4 is 5.73 Å². The number of aryl methyl sites for hydroxylation is 2. The molecule has 6 heteroatoms. The highest BCUT2D eigenvalue weighted by Gasteiger charge is 2.08. The maximum absolute atomic E-state index is 5.70. The molecular weight excluding hydrogens is 276 g/mol. The average Bonchev–Trinajstić information content (AvgIpc) is 2.91. The number of fused-ring (bicyclic) bond motifs is 1. The van der Waals surface area contributed by atoms with E-state index in [9.17, 15) is 0 Å². The minimum atomic E-state index is 0.630. The number of thioether (sulfide) groups is 1. The Morgan fingerprint density at radius 2 is 2.21 bits per heavy atom. The van der Waals surface area contributed by atoms with Crippen molar-refractivity contribution in [3.63, 3.8) is 0 Å². The van der Waals surface area contributed by atoms with Crippen molar-refractivity contribution in [2.75, 3.05) is 5.73 Å². The van der Waals surface area contributed by atoms with E-state index in [-0.39, 0.29) is 0 Å². The summed E-state index contributed by atoms with van der Waals surface area (Å²) >= 11 is 3.28. The van der Waals surface area contributed by atoms with Crippen LogP contribution in [0.3, 0.4) is 0 Å². The first-order valence-electron chi connectivity index (χ1n) is 5.92. The maximum atomic E-state index is 5.70. The molecule has 4 nitrogen and oxygen atoms in total. The Balaban J connectivity index is 1.82. The number of hydrogen-bond donors (Lipinski definition) is 1. The predicted octanol–water partition coefficient (Wildman–Crippen LogP) is 3.28. The number of nitrogens with zero attached hydrogens (tertiary/aromatic N) is 3. The monoisotopic (exact) mass is 290 g/mol. The summed E-state index contributed by atoms with van der Waals surface area (Å²) in [5.74, 6) is 0.837. The van der Waals surface area contributed by atoms with Gasteiger partial charge in [0.2, 0.25) is 0 Å². The highest BCUT2D eigenvalue weighted by molar-refractivity contribution is 8.00. The maximum Gasteiger partial charge on any atom is 0.181 e. The van der Waals surface area contributed by atoms with E-state index in [1.54, 1.807) is 11.8 Å². The van der Waals surface area contributed by atoms with Crippen LogP contribution in [0, 0.1) is 13.8 Å². The summed E-state index contributed by atoms with van der Waals surface area (Å²) in [6.45, 7) is 4.07. The zero-order valence-electron chi connectivity index (χ0n) is 10.8. The van der Waals surface area contributed by atoms with Crippen molar-refractivity contribution in [3.05, 3.63) is 41.5 Å². The van der Waals surface area contributed by atoms with Crippen LogP contribution in [0.15, 0.2) is 28.7 Å². The Labute approximate surface area is 119 Å². The summed E-state index contributed by atoms with van der Waals surface area (Å²) in [7, 11) is 0. The Morgan fingerprint density at radius 1 is 1.37 bits per heavy atom. The summed E-state index contributed by atoms with van der Waals surface area (Å²) in [5, 5.41) is 0.630. The van der Waals surface area contributed by atoms with E-state index in [2.05, 4.69) is 33.6 Å². The van der Waals surface area contributed by atoms with Crippen LogP contribution in [0.5, 0.6) is 0 Å². The number of hydrogen-bond acceptors (Lipinski definition) is 5. The van der Waals surface area contributed by atoms with E-state index in [1.165, 1.54) is 21.1 Å². The molecule has 0 spiro atoms. The molecular formula is C13H14N4S2. The third-order valence-corrected chi connectivity index (χ3v) is 5.23. The van der Waals surface area contributed by atoms with Crippen LogP contribution in [0.25, 0.3) is 5.65 Å². The van der Waals surface area contributed by atoms with Crippen molar-refractivity contribution in [3.8, 4) is 0 Å². The first-order chi connectivity index (χ1) is 9.13. The second-order valence-electron chi connectivity index (χ2n) is 4.37. The lowest BCUT2D eigenvalue weighted by molar-refractivity contribution is 1.16. The molecule has 0 atom stereocenters. The van der Waals surface area contributed by atoms with Crippen LogP contribution in [0.4, 0.5) is 5.13 Å².